The zero-order valence-corrected chi connectivity index (χ0v) is 23.1. The number of hydrogen-bond donors (Lipinski definition) is 5. The van der Waals surface area contributed by atoms with Crippen LogP contribution in [0.5, 0.6) is 5.75 Å². The van der Waals surface area contributed by atoms with Crippen molar-refractivity contribution < 1.29 is 41.0 Å². The van der Waals surface area contributed by atoms with Gasteiger partial charge in [0.15, 0.2) is 0 Å². The summed E-state index contributed by atoms with van der Waals surface area (Å²) in [4.78, 5) is 12.4. The van der Waals surface area contributed by atoms with Gasteiger partial charge in [-0.3, -0.25) is 9.52 Å². The van der Waals surface area contributed by atoms with E-state index in [4.69, 9.17) is 0 Å². The van der Waals surface area contributed by atoms with Gasteiger partial charge in [-0.2, -0.15) is 13.2 Å². The summed E-state index contributed by atoms with van der Waals surface area (Å²) in [6, 6.07) is 13.4. The van der Waals surface area contributed by atoms with Gasteiger partial charge in [0.05, 0.1) is 30.0 Å². The van der Waals surface area contributed by atoms with Crippen LogP contribution in [0.2, 0.25) is 0 Å². The van der Waals surface area contributed by atoms with Crippen LogP contribution in [0, 0.1) is 5.82 Å². The molecule has 2 atom stereocenters. The summed E-state index contributed by atoms with van der Waals surface area (Å²) in [5, 5.41) is 26.1. The van der Waals surface area contributed by atoms with Crippen LogP contribution in [0.4, 0.5) is 23.2 Å². The molecule has 8 nitrogen and oxygen atoms in total. The lowest BCUT2D eigenvalue weighted by molar-refractivity contribution is -0.137. The highest BCUT2D eigenvalue weighted by molar-refractivity contribution is 7.92. The topological polar surface area (TPSA) is 128 Å². The molecule has 5 N–H and O–H groups in total. The predicted octanol–water partition coefficient (Wildman–Crippen LogP) is 4.03. The molecule has 0 aliphatic heterocycles. The van der Waals surface area contributed by atoms with Crippen LogP contribution < -0.4 is 15.4 Å². The van der Waals surface area contributed by atoms with Crippen molar-refractivity contribution in [2.45, 2.75) is 44.6 Å². The average Bonchev–Trinajstić information content (AvgIpc) is 2.86. The fourth-order valence-corrected chi connectivity index (χ4v) is 4.64. The number of aliphatic hydroxyl groups is 1. The first-order valence-corrected chi connectivity index (χ1v) is 14.4. The van der Waals surface area contributed by atoms with Gasteiger partial charge >= 0.3 is 6.18 Å². The van der Waals surface area contributed by atoms with E-state index in [0.717, 1.165) is 24.0 Å². The fraction of sp³-hybridized carbons (Fsp3) is 0.321. The quantitative estimate of drug-likeness (QED) is 0.159. The van der Waals surface area contributed by atoms with Crippen LogP contribution in [-0.4, -0.2) is 43.4 Å². The van der Waals surface area contributed by atoms with E-state index in [9.17, 15) is 41.0 Å². The highest BCUT2D eigenvalue weighted by atomic mass is 32.2. The molecule has 0 fully saturated rings. The second-order valence-electron chi connectivity index (χ2n) is 9.76. The highest BCUT2D eigenvalue weighted by Gasteiger charge is 2.31. The van der Waals surface area contributed by atoms with Crippen molar-refractivity contribution in [1.29, 1.82) is 0 Å². The summed E-state index contributed by atoms with van der Waals surface area (Å²) < 4.78 is 77.3. The van der Waals surface area contributed by atoms with Crippen molar-refractivity contribution >= 4 is 21.6 Å². The van der Waals surface area contributed by atoms with E-state index < -0.39 is 39.6 Å². The van der Waals surface area contributed by atoms with E-state index in [-0.39, 0.29) is 42.6 Å². The van der Waals surface area contributed by atoms with Gasteiger partial charge in [-0.15, -0.1) is 0 Å². The number of aliphatic hydroxyl groups excluding tert-OH is 1. The van der Waals surface area contributed by atoms with Crippen LogP contribution >= 0.6 is 0 Å². The number of alkyl halides is 3. The Balaban J connectivity index is 1.51. The van der Waals surface area contributed by atoms with Gasteiger partial charge < -0.3 is 20.8 Å². The second-order valence-corrected chi connectivity index (χ2v) is 11.5. The molecule has 0 saturated heterocycles. The predicted molar refractivity (Wildman–Crippen MR) is 146 cm³/mol. The van der Waals surface area contributed by atoms with Gasteiger partial charge in [-0.25, -0.2) is 12.8 Å². The Kier molecular flexibility index (Phi) is 10.3. The molecular formula is C28H31F4N3O5S. The molecular weight excluding hydrogens is 566 g/mol. The molecule has 0 spiro atoms. The Morgan fingerprint density at radius 1 is 1.02 bits per heavy atom. The molecule has 0 bridgehead atoms. The summed E-state index contributed by atoms with van der Waals surface area (Å²) in [6.07, 6.45) is -4.15. The number of phenolic OH excluding ortho intramolecular Hbond substituents is 1. The van der Waals surface area contributed by atoms with Gasteiger partial charge in [0, 0.05) is 24.7 Å². The van der Waals surface area contributed by atoms with Crippen LogP contribution in [0.3, 0.4) is 0 Å². The number of sulfonamides is 1. The number of phenols is 1. The van der Waals surface area contributed by atoms with E-state index in [1.165, 1.54) is 18.2 Å². The molecule has 0 aliphatic rings. The van der Waals surface area contributed by atoms with E-state index in [0.29, 0.717) is 23.6 Å². The van der Waals surface area contributed by atoms with Gasteiger partial charge in [-0.1, -0.05) is 36.4 Å². The third-order valence-corrected chi connectivity index (χ3v) is 6.71. The largest absolute Gasteiger partial charge is 0.506 e. The van der Waals surface area contributed by atoms with Gasteiger partial charge in [-0.05, 0) is 54.3 Å². The summed E-state index contributed by atoms with van der Waals surface area (Å²) in [6.45, 7) is 1.80. The molecule has 3 aromatic rings. The molecule has 0 unspecified atom stereocenters. The minimum atomic E-state index is -4.66. The number of anilines is 1. The Morgan fingerprint density at radius 2 is 1.73 bits per heavy atom. The first kappa shape index (κ1) is 31.8. The molecule has 0 aliphatic carbocycles. The Bertz CT molecular complexity index is 1480. The Hall–Kier alpha value is -3.68. The third kappa shape index (κ3) is 10.0. The molecule has 0 radical (unpaired) electrons. The van der Waals surface area contributed by atoms with E-state index in [1.54, 1.807) is 12.1 Å². The van der Waals surface area contributed by atoms with Crippen LogP contribution in [0.1, 0.15) is 40.8 Å². The lowest BCUT2D eigenvalue weighted by Gasteiger charge is -2.19. The minimum absolute atomic E-state index is 0.0126. The van der Waals surface area contributed by atoms with Crippen molar-refractivity contribution in [3.8, 4) is 5.75 Å². The number of carbonyl (C=O) groups is 1. The fourth-order valence-electron chi connectivity index (χ4n) is 4.07. The lowest BCUT2D eigenvalue weighted by Crippen LogP contribution is -2.32. The van der Waals surface area contributed by atoms with Gasteiger partial charge in [0.25, 0.3) is 0 Å². The molecule has 222 valence electrons. The molecule has 3 rings (SSSR count). The smallest absolute Gasteiger partial charge is 0.416 e. The average molecular weight is 598 g/mol. The standard InChI is InChI=1S/C28H31F4N3O5S/c1-17(33-16-26(37)20-7-9-25(36)24(13-20)35-41(2,39)40)10-18-4-3-5-19(11-18)12-27(38)34-15-21-6-8-22(14-23(21)29)28(30,31)32/h3-9,11,13-14,17,26,33,35-37H,10,12,15-16H2,1-2H3,(H,34,38)/t17-,26+/m1/s1. The first-order valence-electron chi connectivity index (χ1n) is 12.5. The maximum atomic E-state index is 14.0. The number of aromatic hydroxyl groups is 1. The molecule has 0 saturated carbocycles. The van der Waals surface area contributed by atoms with Crippen LogP contribution in [0.25, 0.3) is 0 Å². The van der Waals surface area contributed by atoms with Gasteiger partial charge in [0.2, 0.25) is 15.9 Å². The summed E-state index contributed by atoms with van der Waals surface area (Å²) >= 11 is 0. The summed E-state index contributed by atoms with van der Waals surface area (Å²) in [5.74, 6) is -1.74. The molecule has 3 aromatic carbocycles. The maximum absolute atomic E-state index is 14.0. The number of hydrogen-bond acceptors (Lipinski definition) is 6. The van der Waals surface area contributed by atoms with E-state index >= 15 is 0 Å². The van der Waals surface area contributed by atoms with E-state index in [2.05, 4.69) is 15.4 Å². The van der Waals surface area contributed by atoms with Crippen molar-refractivity contribution in [2.24, 2.45) is 0 Å². The summed E-state index contributed by atoms with van der Waals surface area (Å²) in [7, 11) is -3.62. The SMILES string of the molecule is C[C@H](Cc1cccc(CC(=O)NCc2ccc(C(F)(F)F)cc2F)c1)NC[C@H](O)c1ccc(O)c(NS(C)(=O)=O)c1. The number of halogens is 4. The number of carbonyl (C=O) groups excluding carboxylic acids is 1. The van der Waals surface area contributed by atoms with Crippen molar-refractivity contribution in [2.75, 3.05) is 17.5 Å². The van der Waals surface area contributed by atoms with Crippen LogP contribution in [0.15, 0.2) is 60.7 Å². The second kappa shape index (κ2) is 13.3. The summed E-state index contributed by atoms with van der Waals surface area (Å²) in [5.41, 5.74) is 0.798. The molecule has 0 aromatic heterocycles. The molecule has 1 amide bonds. The van der Waals surface area contributed by atoms with E-state index in [1.807, 2.05) is 19.1 Å². The Morgan fingerprint density at radius 3 is 2.39 bits per heavy atom. The monoisotopic (exact) mass is 597 g/mol. The Labute approximate surface area is 235 Å². The molecule has 0 heterocycles. The number of benzene rings is 3. The maximum Gasteiger partial charge on any atom is 0.416 e. The lowest BCUT2D eigenvalue weighted by atomic mass is 10.0. The number of rotatable bonds is 12. The zero-order chi connectivity index (χ0) is 30.4. The number of nitrogens with one attached hydrogen (secondary N) is 3. The molecule has 41 heavy (non-hydrogen) atoms. The molecule has 13 heteroatoms. The van der Waals surface area contributed by atoms with Crippen molar-refractivity contribution in [1.82, 2.24) is 10.6 Å². The third-order valence-electron chi connectivity index (χ3n) is 6.11. The van der Waals surface area contributed by atoms with Crippen molar-refractivity contribution in [3.63, 3.8) is 0 Å². The van der Waals surface area contributed by atoms with Crippen LogP contribution in [-0.2, 0) is 40.4 Å². The minimum Gasteiger partial charge on any atom is -0.506 e. The number of amides is 1. The normalized spacial score (nSPS) is 13.4. The first-order chi connectivity index (χ1) is 19.1. The highest BCUT2D eigenvalue weighted by Crippen LogP contribution is 2.30. The van der Waals surface area contributed by atoms with Gasteiger partial charge in [0.1, 0.15) is 11.6 Å². The zero-order valence-electron chi connectivity index (χ0n) is 22.3. The van der Waals surface area contributed by atoms with Crippen molar-refractivity contribution in [3.05, 3.63) is 94.3 Å².